The Morgan fingerprint density at radius 3 is 2.79 bits per heavy atom. The van der Waals surface area contributed by atoms with Gasteiger partial charge in [-0.3, -0.25) is 4.79 Å². The zero-order chi connectivity index (χ0) is 13.4. The Morgan fingerprint density at radius 1 is 1.42 bits per heavy atom. The SMILES string of the molecule is CCOC(=O)CNC(=O)Oc1ncccc1OC.Cl. The standard InChI is InChI=1S/C11H14N2O5.ClH/c1-3-17-9(14)7-13-11(15)18-10-8(16-2)5-4-6-12-10;/h4-6H,3,7H2,1-2H3,(H,13,15);1H. The molecule has 0 aliphatic rings. The van der Waals surface area contributed by atoms with Gasteiger partial charge in [0.15, 0.2) is 5.75 Å². The van der Waals surface area contributed by atoms with Crippen molar-refractivity contribution in [1.82, 2.24) is 10.3 Å². The van der Waals surface area contributed by atoms with Crippen molar-refractivity contribution >= 4 is 24.5 Å². The maximum Gasteiger partial charge on any atom is 0.414 e. The van der Waals surface area contributed by atoms with Gasteiger partial charge in [0.25, 0.3) is 5.88 Å². The predicted octanol–water partition coefficient (Wildman–Crippen LogP) is 1.16. The van der Waals surface area contributed by atoms with Crippen LogP contribution >= 0.6 is 12.4 Å². The third-order valence-corrected chi connectivity index (χ3v) is 1.83. The molecule has 8 heteroatoms. The summed E-state index contributed by atoms with van der Waals surface area (Å²) in [5.74, 6) is -0.187. The molecule has 0 saturated carbocycles. The van der Waals surface area contributed by atoms with Gasteiger partial charge in [0.05, 0.1) is 13.7 Å². The van der Waals surface area contributed by atoms with Crippen LogP contribution in [0.4, 0.5) is 4.79 Å². The van der Waals surface area contributed by atoms with Crippen LogP contribution in [0.15, 0.2) is 18.3 Å². The zero-order valence-corrected chi connectivity index (χ0v) is 11.4. The molecule has 0 spiro atoms. The minimum absolute atomic E-state index is 0. The maximum atomic E-state index is 11.4. The number of nitrogens with one attached hydrogen (secondary N) is 1. The summed E-state index contributed by atoms with van der Waals surface area (Å²) in [6, 6.07) is 3.24. The fraction of sp³-hybridized carbons (Fsp3) is 0.364. The van der Waals surface area contributed by atoms with Crippen molar-refractivity contribution in [2.75, 3.05) is 20.3 Å². The number of esters is 1. The number of nitrogens with zero attached hydrogens (tertiary/aromatic N) is 1. The van der Waals surface area contributed by atoms with Crippen molar-refractivity contribution in [3.63, 3.8) is 0 Å². The molecule has 19 heavy (non-hydrogen) atoms. The van der Waals surface area contributed by atoms with E-state index in [1.807, 2.05) is 0 Å². The molecule has 0 aliphatic carbocycles. The summed E-state index contributed by atoms with van der Waals surface area (Å²) in [5, 5.41) is 2.24. The minimum atomic E-state index is -0.806. The molecule has 0 fully saturated rings. The van der Waals surface area contributed by atoms with Crippen molar-refractivity contribution in [2.24, 2.45) is 0 Å². The summed E-state index contributed by atoms with van der Waals surface area (Å²) < 4.78 is 14.5. The Hall–Kier alpha value is -2.02. The summed E-state index contributed by atoms with van der Waals surface area (Å²) >= 11 is 0. The van der Waals surface area contributed by atoms with Gasteiger partial charge in [0.1, 0.15) is 6.54 Å². The fourth-order valence-electron chi connectivity index (χ4n) is 1.09. The number of rotatable bonds is 5. The van der Waals surface area contributed by atoms with E-state index < -0.39 is 12.1 Å². The van der Waals surface area contributed by atoms with Crippen LogP contribution in [0.5, 0.6) is 11.6 Å². The first-order valence-corrected chi connectivity index (χ1v) is 5.27. The lowest BCUT2D eigenvalue weighted by molar-refractivity contribution is -0.141. The lowest BCUT2D eigenvalue weighted by Crippen LogP contribution is -2.33. The first-order chi connectivity index (χ1) is 8.67. The van der Waals surface area contributed by atoms with Crippen molar-refractivity contribution in [3.8, 4) is 11.6 Å². The average Bonchev–Trinajstić information content (AvgIpc) is 2.37. The second-order valence-corrected chi connectivity index (χ2v) is 3.06. The lowest BCUT2D eigenvalue weighted by atomic mass is 10.4. The molecule has 1 heterocycles. The number of ether oxygens (including phenoxy) is 3. The van der Waals surface area contributed by atoms with E-state index in [4.69, 9.17) is 9.47 Å². The number of methoxy groups -OCH3 is 1. The van der Waals surface area contributed by atoms with Crippen LogP contribution in [0.2, 0.25) is 0 Å². The molecule has 106 valence electrons. The normalized spacial score (nSPS) is 8.95. The van der Waals surface area contributed by atoms with Gasteiger partial charge >= 0.3 is 12.1 Å². The van der Waals surface area contributed by atoms with Crippen LogP contribution in [-0.2, 0) is 9.53 Å². The van der Waals surface area contributed by atoms with Crippen LogP contribution in [0, 0.1) is 0 Å². The third-order valence-electron chi connectivity index (χ3n) is 1.83. The molecule has 1 amide bonds. The summed E-state index contributed by atoms with van der Waals surface area (Å²) in [6.07, 6.45) is 0.649. The zero-order valence-electron chi connectivity index (χ0n) is 10.5. The van der Waals surface area contributed by atoms with Crippen LogP contribution in [0.25, 0.3) is 0 Å². The first kappa shape index (κ1) is 17.0. The lowest BCUT2D eigenvalue weighted by Gasteiger charge is -2.08. The second kappa shape index (κ2) is 8.98. The molecule has 0 radical (unpaired) electrons. The number of pyridine rings is 1. The van der Waals surface area contributed by atoms with Crippen LogP contribution in [0.3, 0.4) is 0 Å². The van der Waals surface area contributed by atoms with Gasteiger partial charge in [-0.25, -0.2) is 9.78 Å². The highest BCUT2D eigenvalue weighted by atomic mass is 35.5. The Labute approximate surface area is 116 Å². The molecule has 1 N–H and O–H groups in total. The van der Waals surface area contributed by atoms with Gasteiger partial charge < -0.3 is 19.5 Å². The quantitative estimate of drug-likeness (QED) is 0.819. The Bertz CT molecular complexity index is 427. The molecular weight excluding hydrogens is 276 g/mol. The third kappa shape index (κ3) is 5.91. The van der Waals surface area contributed by atoms with E-state index in [-0.39, 0.29) is 31.4 Å². The van der Waals surface area contributed by atoms with E-state index in [0.29, 0.717) is 5.75 Å². The van der Waals surface area contributed by atoms with Gasteiger partial charge in [-0.15, -0.1) is 12.4 Å². The van der Waals surface area contributed by atoms with Gasteiger partial charge in [-0.05, 0) is 19.1 Å². The molecular formula is C11H15ClN2O5. The highest BCUT2D eigenvalue weighted by molar-refractivity contribution is 5.85. The van der Waals surface area contributed by atoms with E-state index in [1.165, 1.54) is 13.3 Å². The highest BCUT2D eigenvalue weighted by Crippen LogP contribution is 2.22. The number of aromatic nitrogens is 1. The molecule has 1 aromatic rings. The summed E-state index contributed by atoms with van der Waals surface area (Å²) in [4.78, 5) is 26.2. The number of carbonyl (C=O) groups excluding carboxylic acids is 2. The van der Waals surface area contributed by atoms with Crippen molar-refractivity contribution < 1.29 is 23.8 Å². The van der Waals surface area contributed by atoms with E-state index in [0.717, 1.165) is 0 Å². The monoisotopic (exact) mass is 290 g/mol. The van der Waals surface area contributed by atoms with Crippen molar-refractivity contribution in [3.05, 3.63) is 18.3 Å². The minimum Gasteiger partial charge on any atom is -0.491 e. The largest absolute Gasteiger partial charge is 0.491 e. The smallest absolute Gasteiger partial charge is 0.414 e. The molecule has 1 rings (SSSR count). The first-order valence-electron chi connectivity index (χ1n) is 5.27. The van der Waals surface area contributed by atoms with E-state index in [1.54, 1.807) is 19.1 Å². The Morgan fingerprint density at radius 2 is 2.16 bits per heavy atom. The fourth-order valence-corrected chi connectivity index (χ4v) is 1.09. The molecule has 0 aromatic carbocycles. The van der Waals surface area contributed by atoms with Crippen molar-refractivity contribution in [1.29, 1.82) is 0 Å². The van der Waals surface area contributed by atoms with E-state index in [2.05, 4.69) is 15.0 Å². The predicted molar refractivity (Wildman–Crippen MR) is 68.7 cm³/mol. The van der Waals surface area contributed by atoms with Crippen LogP contribution < -0.4 is 14.8 Å². The van der Waals surface area contributed by atoms with Gasteiger partial charge in [-0.1, -0.05) is 0 Å². The molecule has 1 aromatic heterocycles. The average molecular weight is 291 g/mol. The summed E-state index contributed by atoms with van der Waals surface area (Å²) in [7, 11) is 1.43. The molecule has 0 saturated heterocycles. The molecule has 0 unspecified atom stereocenters. The van der Waals surface area contributed by atoms with E-state index >= 15 is 0 Å². The molecule has 0 aliphatic heterocycles. The van der Waals surface area contributed by atoms with Gasteiger partial charge in [0.2, 0.25) is 0 Å². The van der Waals surface area contributed by atoms with Gasteiger partial charge in [0, 0.05) is 6.20 Å². The molecule has 7 nitrogen and oxygen atoms in total. The maximum absolute atomic E-state index is 11.4. The number of halogens is 1. The highest BCUT2D eigenvalue weighted by Gasteiger charge is 2.11. The van der Waals surface area contributed by atoms with E-state index in [9.17, 15) is 9.59 Å². The number of hydrogen-bond donors (Lipinski definition) is 1. The number of amides is 1. The van der Waals surface area contributed by atoms with Crippen LogP contribution in [0.1, 0.15) is 6.92 Å². The van der Waals surface area contributed by atoms with Crippen LogP contribution in [-0.4, -0.2) is 37.3 Å². The summed E-state index contributed by atoms with van der Waals surface area (Å²) in [5.41, 5.74) is 0. The summed E-state index contributed by atoms with van der Waals surface area (Å²) in [6.45, 7) is 1.67. The number of carbonyl (C=O) groups is 2. The van der Waals surface area contributed by atoms with Crippen molar-refractivity contribution in [2.45, 2.75) is 6.92 Å². The molecule has 0 atom stereocenters. The van der Waals surface area contributed by atoms with Gasteiger partial charge in [-0.2, -0.15) is 0 Å². The topological polar surface area (TPSA) is 86.8 Å². The molecule has 0 bridgehead atoms. The Balaban J connectivity index is 0.00000324. The number of hydrogen-bond acceptors (Lipinski definition) is 6. The Kier molecular flexibility index (Phi) is 8.03. The second-order valence-electron chi connectivity index (χ2n) is 3.06.